The van der Waals surface area contributed by atoms with Crippen LogP contribution >= 0.6 is 27.3 Å². The lowest BCUT2D eigenvalue weighted by molar-refractivity contribution is 0.163. The van der Waals surface area contributed by atoms with E-state index in [2.05, 4.69) is 45.6 Å². The van der Waals surface area contributed by atoms with E-state index in [0.717, 1.165) is 22.2 Å². The molecule has 2 aromatic carbocycles. The van der Waals surface area contributed by atoms with Crippen molar-refractivity contribution in [1.82, 2.24) is 0 Å². The van der Waals surface area contributed by atoms with Crippen molar-refractivity contribution in [1.29, 1.82) is 0 Å². The number of thiophene rings is 1. The van der Waals surface area contributed by atoms with Crippen LogP contribution in [0.5, 0.6) is 5.75 Å². The number of ether oxygens (including phenoxy) is 1. The van der Waals surface area contributed by atoms with Crippen LogP contribution in [-0.4, -0.2) is 0 Å². The standard InChI is InChI=1S/C17H14BrNOS/c18-10-5-6-12-14(19)8-16(20-15(12)7-10)13-9-21-17-4-2-1-3-11(13)17/h1-7,9,14,16H,8,19H2/t14-,16?/m0/s1. The summed E-state index contributed by atoms with van der Waals surface area (Å²) in [4.78, 5) is 0. The van der Waals surface area contributed by atoms with Crippen molar-refractivity contribution in [2.45, 2.75) is 18.6 Å². The summed E-state index contributed by atoms with van der Waals surface area (Å²) in [7, 11) is 0. The van der Waals surface area contributed by atoms with Gasteiger partial charge in [0.2, 0.25) is 0 Å². The van der Waals surface area contributed by atoms with E-state index in [-0.39, 0.29) is 12.1 Å². The molecule has 4 rings (SSSR count). The molecule has 0 amide bonds. The average Bonchev–Trinajstić information content (AvgIpc) is 2.90. The van der Waals surface area contributed by atoms with Gasteiger partial charge in [0.15, 0.2) is 0 Å². The molecule has 2 N–H and O–H groups in total. The molecule has 2 heterocycles. The quantitative estimate of drug-likeness (QED) is 0.648. The summed E-state index contributed by atoms with van der Waals surface area (Å²) in [5.41, 5.74) is 8.68. The second-order valence-electron chi connectivity index (χ2n) is 5.32. The molecule has 2 nitrogen and oxygen atoms in total. The van der Waals surface area contributed by atoms with Crippen molar-refractivity contribution >= 4 is 37.4 Å². The molecular weight excluding hydrogens is 346 g/mol. The molecule has 2 atom stereocenters. The fraction of sp³-hybridized carbons (Fsp3) is 0.176. The minimum absolute atomic E-state index is 0.0190. The van der Waals surface area contributed by atoms with Gasteiger partial charge in [-0.15, -0.1) is 11.3 Å². The second kappa shape index (κ2) is 5.13. The van der Waals surface area contributed by atoms with Gasteiger partial charge in [0.25, 0.3) is 0 Å². The summed E-state index contributed by atoms with van der Waals surface area (Å²) in [5.74, 6) is 0.892. The van der Waals surface area contributed by atoms with E-state index in [1.54, 1.807) is 11.3 Å². The summed E-state index contributed by atoms with van der Waals surface area (Å²) in [5, 5.41) is 3.48. The highest BCUT2D eigenvalue weighted by molar-refractivity contribution is 9.10. The smallest absolute Gasteiger partial charge is 0.127 e. The molecule has 0 spiro atoms. The molecule has 1 aliphatic heterocycles. The Morgan fingerprint density at radius 3 is 2.90 bits per heavy atom. The van der Waals surface area contributed by atoms with Crippen LogP contribution in [0.25, 0.3) is 10.1 Å². The number of halogens is 1. The van der Waals surface area contributed by atoms with Gasteiger partial charge in [0, 0.05) is 32.8 Å². The van der Waals surface area contributed by atoms with E-state index < -0.39 is 0 Å². The lowest BCUT2D eigenvalue weighted by Gasteiger charge is -2.30. The maximum Gasteiger partial charge on any atom is 0.127 e. The van der Waals surface area contributed by atoms with Gasteiger partial charge in [-0.25, -0.2) is 0 Å². The minimum atomic E-state index is 0.0190. The SMILES string of the molecule is N[C@H]1CC(c2csc3ccccc23)Oc2cc(Br)ccc21. The Morgan fingerprint density at radius 1 is 1.14 bits per heavy atom. The van der Waals surface area contributed by atoms with Crippen molar-refractivity contribution in [2.24, 2.45) is 5.73 Å². The van der Waals surface area contributed by atoms with Crippen LogP contribution in [0.3, 0.4) is 0 Å². The van der Waals surface area contributed by atoms with Gasteiger partial charge in [-0.1, -0.05) is 40.2 Å². The van der Waals surface area contributed by atoms with Crippen LogP contribution in [0.15, 0.2) is 52.3 Å². The lowest BCUT2D eigenvalue weighted by Crippen LogP contribution is -2.23. The average molecular weight is 360 g/mol. The number of benzene rings is 2. The normalized spacial score (nSPS) is 21.0. The Morgan fingerprint density at radius 2 is 2.00 bits per heavy atom. The highest BCUT2D eigenvalue weighted by atomic mass is 79.9. The predicted molar refractivity (Wildman–Crippen MR) is 90.9 cm³/mol. The Labute approximate surface area is 135 Å². The van der Waals surface area contributed by atoms with Gasteiger partial charge >= 0.3 is 0 Å². The lowest BCUT2D eigenvalue weighted by atomic mass is 9.93. The summed E-state index contributed by atoms with van der Waals surface area (Å²) in [6, 6.07) is 14.5. The van der Waals surface area contributed by atoms with Gasteiger partial charge in [-0.2, -0.15) is 0 Å². The van der Waals surface area contributed by atoms with Crippen molar-refractivity contribution in [3.8, 4) is 5.75 Å². The first kappa shape index (κ1) is 13.3. The molecule has 1 aromatic heterocycles. The number of fused-ring (bicyclic) bond motifs is 2. The van der Waals surface area contributed by atoms with Crippen LogP contribution in [0.2, 0.25) is 0 Å². The maximum absolute atomic E-state index is 6.35. The van der Waals surface area contributed by atoms with Crippen LogP contribution in [0.4, 0.5) is 0 Å². The van der Waals surface area contributed by atoms with Crippen LogP contribution in [0.1, 0.15) is 29.7 Å². The molecule has 0 radical (unpaired) electrons. The van der Waals surface area contributed by atoms with Gasteiger partial charge in [-0.3, -0.25) is 0 Å². The summed E-state index contributed by atoms with van der Waals surface area (Å²) >= 11 is 5.26. The van der Waals surface area contributed by atoms with Crippen LogP contribution < -0.4 is 10.5 Å². The van der Waals surface area contributed by atoms with Crippen LogP contribution in [0, 0.1) is 0 Å². The topological polar surface area (TPSA) is 35.2 Å². The second-order valence-corrected chi connectivity index (χ2v) is 7.14. The van der Waals surface area contributed by atoms with Gasteiger partial charge in [-0.05, 0) is 29.0 Å². The van der Waals surface area contributed by atoms with Crippen molar-refractivity contribution in [2.75, 3.05) is 0 Å². The summed E-state index contributed by atoms with van der Waals surface area (Å²) in [6.07, 6.45) is 0.841. The zero-order valence-electron chi connectivity index (χ0n) is 11.3. The zero-order chi connectivity index (χ0) is 14.4. The van der Waals surface area contributed by atoms with Crippen molar-refractivity contribution < 1.29 is 4.74 Å². The van der Waals surface area contributed by atoms with E-state index >= 15 is 0 Å². The van der Waals surface area contributed by atoms with Crippen LogP contribution in [-0.2, 0) is 0 Å². The molecule has 0 fully saturated rings. The van der Waals surface area contributed by atoms with Gasteiger partial charge in [0.1, 0.15) is 11.9 Å². The molecule has 0 aliphatic carbocycles. The largest absolute Gasteiger partial charge is 0.485 e. The predicted octanol–water partition coefficient (Wildman–Crippen LogP) is 5.19. The third-order valence-corrected chi connectivity index (χ3v) is 5.45. The molecule has 106 valence electrons. The zero-order valence-corrected chi connectivity index (χ0v) is 13.7. The van der Waals surface area contributed by atoms with Crippen molar-refractivity contribution in [3.05, 3.63) is 63.4 Å². The van der Waals surface area contributed by atoms with Gasteiger partial charge < -0.3 is 10.5 Å². The number of hydrogen-bond donors (Lipinski definition) is 1. The summed E-state index contributed by atoms with van der Waals surface area (Å²) < 4.78 is 8.55. The Kier molecular flexibility index (Phi) is 3.25. The third-order valence-electron chi connectivity index (χ3n) is 3.97. The minimum Gasteiger partial charge on any atom is -0.485 e. The molecular formula is C17H14BrNOS. The highest BCUT2D eigenvalue weighted by Gasteiger charge is 2.28. The molecule has 1 aliphatic rings. The molecule has 0 saturated heterocycles. The van der Waals surface area contributed by atoms with E-state index in [0.29, 0.717) is 0 Å². The van der Waals surface area contributed by atoms with E-state index in [1.807, 2.05) is 18.2 Å². The number of hydrogen-bond acceptors (Lipinski definition) is 3. The highest BCUT2D eigenvalue weighted by Crippen LogP contribution is 2.43. The third kappa shape index (κ3) is 2.27. The Hall–Kier alpha value is -1.36. The first-order chi connectivity index (χ1) is 10.2. The molecule has 3 aromatic rings. The maximum atomic E-state index is 6.35. The van der Waals surface area contributed by atoms with E-state index in [9.17, 15) is 0 Å². The van der Waals surface area contributed by atoms with Crippen molar-refractivity contribution in [3.63, 3.8) is 0 Å². The first-order valence-electron chi connectivity index (χ1n) is 6.90. The molecule has 21 heavy (non-hydrogen) atoms. The van der Waals surface area contributed by atoms with E-state index in [1.165, 1.54) is 15.6 Å². The fourth-order valence-corrected chi connectivity index (χ4v) is 4.26. The molecule has 1 unspecified atom stereocenters. The first-order valence-corrected chi connectivity index (χ1v) is 8.57. The fourth-order valence-electron chi connectivity index (χ4n) is 2.91. The number of rotatable bonds is 1. The molecule has 4 heteroatoms. The van der Waals surface area contributed by atoms with E-state index in [4.69, 9.17) is 10.5 Å². The molecule has 0 saturated carbocycles. The Balaban J connectivity index is 1.78. The number of nitrogens with two attached hydrogens (primary N) is 1. The van der Waals surface area contributed by atoms with Gasteiger partial charge in [0.05, 0.1) is 0 Å². The monoisotopic (exact) mass is 359 g/mol. The Bertz CT molecular complexity index is 813. The summed E-state index contributed by atoms with van der Waals surface area (Å²) in [6.45, 7) is 0. The molecule has 0 bridgehead atoms.